The van der Waals surface area contributed by atoms with Gasteiger partial charge < -0.3 is 8.98 Å². The summed E-state index contributed by atoms with van der Waals surface area (Å²) < 4.78 is 10.9. The van der Waals surface area contributed by atoms with Crippen LogP contribution in [0.25, 0.3) is 66.4 Å². The van der Waals surface area contributed by atoms with Gasteiger partial charge in [0.25, 0.3) is 0 Å². The molecule has 1 unspecified atom stereocenters. The van der Waals surface area contributed by atoms with Crippen molar-refractivity contribution < 1.29 is 4.42 Å². The zero-order chi connectivity index (χ0) is 30.6. The van der Waals surface area contributed by atoms with Gasteiger partial charge in [0.05, 0.1) is 5.69 Å². The highest BCUT2D eigenvalue weighted by atomic mass is 16.3. The van der Waals surface area contributed by atoms with Crippen molar-refractivity contribution in [2.75, 3.05) is 0 Å². The third kappa shape index (κ3) is 4.07. The summed E-state index contributed by atoms with van der Waals surface area (Å²) >= 11 is 0. The quantitative estimate of drug-likeness (QED) is 0.180. The van der Waals surface area contributed by atoms with Crippen molar-refractivity contribution in [3.63, 3.8) is 0 Å². The van der Waals surface area contributed by atoms with Gasteiger partial charge in [-0.3, -0.25) is 4.57 Å². The number of rotatable bonds is 6. The maximum atomic E-state index is 6.62. The van der Waals surface area contributed by atoms with E-state index in [0.717, 1.165) is 67.4 Å². The second kappa shape index (κ2) is 10.6. The average Bonchev–Trinajstić information content (AvgIpc) is 3.78. The van der Waals surface area contributed by atoms with E-state index in [-0.39, 0.29) is 5.92 Å². The van der Waals surface area contributed by atoms with Gasteiger partial charge in [-0.2, -0.15) is 0 Å². The topological polar surface area (TPSA) is 61.7 Å². The molecule has 0 amide bonds. The Bertz CT molecular complexity index is 2540. The highest BCUT2D eigenvalue weighted by molar-refractivity contribution is 6.11. The van der Waals surface area contributed by atoms with Crippen molar-refractivity contribution in [3.05, 3.63) is 151 Å². The lowest BCUT2D eigenvalue weighted by Gasteiger charge is -2.13. The van der Waals surface area contributed by atoms with Crippen LogP contribution in [0.3, 0.4) is 0 Å². The molecule has 6 heterocycles. The molecule has 0 bridgehead atoms. The minimum absolute atomic E-state index is 0.170. The molecule has 3 aromatic carbocycles. The van der Waals surface area contributed by atoms with E-state index in [0.29, 0.717) is 0 Å². The van der Waals surface area contributed by atoms with E-state index < -0.39 is 0 Å². The van der Waals surface area contributed by atoms with E-state index in [1.807, 2.05) is 42.9 Å². The van der Waals surface area contributed by atoms with Crippen molar-refractivity contribution in [1.82, 2.24) is 24.1 Å². The fourth-order valence-corrected chi connectivity index (χ4v) is 6.95. The van der Waals surface area contributed by atoms with Crippen LogP contribution in [0, 0.1) is 0 Å². The molecule has 6 aromatic heterocycles. The Balaban J connectivity index is 1.17. The lowest BCUT2D eigenvalue weighted by atomic mass is 9.90. The van der Waals surface area contributed by atoms with E-state index in [1.165, 1.54) is 16.5 Å². The van der Waals surface area contributed by atoms with Crippen LogP contribution in [-0.4, -0.2) is 24.1 Å². The van der Waals surface area contributed by atoms with Crippen LogP contribution >= 0.6 is 0 Å². The van der Waals surface area contributed by atoms with Crippen molar-refractivity contribution in [1.29, 1.82) is 0 Å². The summed E-state index contributed by atoms with van der Waals surface area (Å²) in [6.07, 6.45) is 13.1. The molecule has 9 rings (SSSR count). The Morgan fingerprint density at radius 1 is 0.674 bits per heavy atom. The molecule has 0 spiro atoms. The number of allylic oxidation sites excluding steroid dienone is 2. The van der Waals surface area contributed by atoms with Crippen LogP contribution in [0.4, 0.5) is 0 Å². The molecule has 6 heteroatoms. The molecule has 46 heavy (non-hydrogen) atoms. The molecule has 0 fully saturated rings. The van der Waals surface area contributed by atoms with Crippen LogP contribution < -0.4 is 0 Å². The lowest BCUT2D eigenvalue weighted by molar-refractivity contribution is 0.665. The predicted octanol–water partition coefficient (Wildman–Crippen LogP) is 9.71. The predicted molar refractivity (Wildman–Crippen MR) is 186 cm³/mol. The Kier molecular flexibility index (Phi) is 6.06. The van der Waals surface area contributed by atoms with Gasteiger partial charge in [0.2, 0.25) is 0 Å². The molecule has 0 saturated carbocycles. The van der Waals surface area contributed by atoms with Gasteiger partial charge in [0, 0.05) is 63.3 Å². The van der Waals surface area contributed by atoms with Gasteiger partial charge in [-0.25, -0.2) is 15.0 Å². The summed E-state index contributed by atoms with van der Waals surface area (Å²) in [7, 11) is 0. The normalized spacial score (nSPS) is 12.8. The van der Waals surface area contributed by atoms with E-state index in [9.17, 15) is 0 Å². The number of benzene rings is 3. The van der Waals surface area contributed by atoms with Gasteiger partial charge in [-0.1, -0.05) is 48.6 Å². The van der Waals surface area contributed by atoms with Crippen LogP contribution in [0.2, 0.25) is 0 Å². The number of hydrogen-bond donors (Lipinski definition) is 0. The number of aromatic nitrogens is 5. The molecule has 0 saturated heterocycles. The van der Waals surface area contributed by atoms with Crippen molar-refractivity contribution in [2.45, 2.75) is 19.3 Å². The summed E-state index contributed by atoms with van der Waals surface area (Å²) in [5, 5.41) is 5.48. The zero-order valence-electron chi connectivity index (χ0n) is 25.2. The molecule has 220 valence electrons. The van der Waals surface area contributed by atoms with Crippen molar-refractivity contribution >= 4 is 55.0 Å². The number of furan rings is 1. The van der Waals surface area contributed by atoms with Crippen LogP contribution in [0.5, 0.6) is 0 Å². The van der Waals surface area contributed by atoms with Gasteiger partial charge >= 0.3 is 0 Å². The summed E-state index contributed by atoms with van der Waals surface area (Å²) in [6.45, 7) is 2.09. The standard InChI is InChI=1S/C40H29N5O/c1-2-10-26(23-28-25-44(29-11-4-3-5-12-29)38-30(28)14-7-20-41-38)27-18-19-36-34(24-27)31-13-6-17-35(37(31)46-36)45-39-32(15-8-21-42-39)33-16-9-22-43-40(33)45/h2-22,24-26H,23H2,1H3/b10-2-. The second-order valence-electron chi connectivity index (χ2n) is 11.7. The third-order valence-electron chi connectivity index (χ3n) is 9.00. The van der Waals surface area contributed by atoms with Gasteiger partial charge in [-0.15, -0.1) is 0 Å². The van der Waals surface area contributed by atoms with Gasteiger partial charge in [0.15, 0.2) is 5.58 Å². The fourth-order valence-electron chi connectivity index (χ4n) is 6.95. The molecular formula is C40H29N5O. The number of para-hydroxylation sites is 2. The van der Waals surface area contributed by atoms with E-state index >= 15 is 0 Å². The summed E-state index contributed by atoms with van der Waals surface area (Å²) in [6, 6.07) is 35.7. The summed E-state index contributed by atoms with van der Waals surface area (Å²) in [5.41, 5.74) is 8.92. The third-order valence-corrected chi connectivity index (χ3v) is 9.00. The number of fused-ring (bicyclic) bond motifs is 7. The van der Waals surface area contributed by atoms with Gasteiger partial charge in [0.1, 0.15) is 22.5 Å². The molecule has 0 radical (unpaired) electrons. The number of nitrogens with zero attached hydrogens (tertiary/aromatic N) is 5. The van der Waals surface area contributed by atoms with Gasteiger partial charge in [-0.05, 0) is 91.2 Å². The van der Waals surface area contributed by atoms with E-state index in [4.69, 9.17) is 19.4 Å². The van der Waals surface area contributed by atoms with Crippen LogP contribution in [0.15, 0.2) is 144 Å². The highest BCUT2D eigenvalue weighted by Gasteiger charge is 2.21. The Labute approximate surface area is 264 Å². The molecule has 9 aromatic rings. The zero-order valence-corrected chi connectivity index (χ0v) is 25.2. The second-order valence-corrected chi connectivity index (χ2v) is 11.7. The maximum Gasteiger partial charge on any atom is 0.159 e. The Hall–Kier alpha value is -6.01. The monoisotopic (exact) mass is 595 g/mol. The average molecular weight is 596 g/mol. The summed E-state index contributed by atoms with van der Waals surface area (Å²) in [5.74, 6) is 0.170. The first-order valence-corrected chi connectivity index (χ1v) is 15.6. The minimum Gasteiger partial charge on any atom is -0.454 e. The smallest absolute Gasteiger partial charge is 0.159 e. The summed E-state index contributed by atoms with van der Waals surface area (Å²) in [4.78, 5) is 14.3. The fraction of sp³-hybridized carbons (Fsp3) is 0.0750. The molecule has 0 aliphatic rings. The molecule has 1 atom stereocenters. The Morgan fingerprint density at radius 3 is 2.11 bits per heavy atom. The van der Waals surface area contributed by atoms with Crippen molar-refractivity contribution in [3.8, 4) is 11.4 Å². The SMILES string of the molecule is C/C=C\C(Cc1cn(-c2ccccc2)c2ncccc12)c1ccc2oc3c(-n4c5ncccc5c5cccnc54)cccc3c2c1. The maximum absolute atomic E-state index is 6.62. The van der Waals surface area contributed by atoms with Crippen LogP contribution in [0.1, 0.15) is 24.0 Å². The molecular weight excluding hydrogens is 566 g/mol. The first-order chi connectivity index (χ1) is 22.8. The number of hydrogen-bond acceptors (Lipinski definition) is 4. The molecule has 0 N–H and O–H groups in total. The van der Waals surface area contributed by atoms with E-state index in [1.54, 1.807) is 0 Å². The first kappa shape index (κ1) is 26.4. The van der Waals surface area contributed by atoms with Crippen molar-refractivity contribution in [2.24, 2.45) is 0 Å². The van der Waals surface area contributed by atoms with E-state index in [2.05, 4.69) is 113 Å². The number of pyridine rings is 3. The first-order valence-electron chi connectivity index (χ1n) is 15.6. The molecule has 0 aliphatic heterocycles. The Morgan fingerprint density at radius 2 is 1.37 bits per heavy atom. The lowest BCUT2D eigenvalue weighted by Crippen LogP contribution is -2.00. The largest absolute Gasteiger partial charge is 0.454 e. The molecule has 0 aliphatic carbocycles. The highest BCUT2D eigenvalue weighted by Crippen LogP contribution is 2.38. The minimum atomic E-state index is 0.170. The molecule has 6 nitrogen and oxygen atoms in total. The van der Waals surface area contributed by atoms with Crippen LogP contribution in [-0.2, 0) is 6.42 Å².